The predicted molar refractivity (Wildman–Crippen MR) is 167 cm³/mol. The van der Waals surface area contributed by atoms with Gasteiger partial charge in [0.2, 0.25) is 21.8 Å². The fourth-order valence-corrected chi connectivity index (χ4v) is 5.83. The number of nitrogens with one attached hydrogen (secondary N) is 1. The summed E-state index contributed by atoms with van der Waals surface area (Å²) in [5, 5.41) is 3.51. The predicted octanol–water partition coefficient (Wildman–Crippen LogP) is 6.48. The molecule has 3 aromatic carbocycles. The molecule has 7 nitrogen and oxygen atoms in total. The van der Waals surface area contributed by atoms with Crippen molar-refractivity contribution in [3.05, 3.63) is 97.9 Å². The van der Waals surface area contributed by atoms with Gasteiger partial charge in [-0.3, -0.25) is 13.9 Å². The lowest BCUT2D eigenvalue weighted by Crippen LogP contribution is -2.53. The van der Waals surface area contributed by atoms with Crippen LogP contribution in [0.5, 0.6) is 0 Å². The van der Waals surface area contributed by atoms with Gasteiger partial charge in [-0.05, 0) is 35.2 Å². The number of nitrogens with zero attached hydrogens (tertiary/aromatic N) is 2. The Morgan fingerprint density at radius 3 is 2.07 bits per heavy atom. The highest BCUT2D eigenvalue weighted by atomic mass is 35.5. The van der Waals surface area contributed by atoms with Gasteiger partial charge in [-0.25, -0.2) is 8.42 Å². The summed E-state index contributed by atoms with van der Waals surface area (Å²) in [7, 11) is -4.03. The van der Waals surface area contributed by atoms with Crippen LogP contribution in [0.2, 0.25) is 20.1 Å². The van der Waals surface area contributed by atoms with Gasteiger partial charge in [0.05, 0.1) is 27.0 Å². The number of halogens is 4. The van der Waals surface area contributed by atoms with Crippen LogP contribution in [0.15, 0.2) is 66.7 Å². The number of sulfonamides is 1. The first-order chi connectivity index (χ1) is 19.3. The van der Waals surface area contributed by atoms with Crippen LogP contribution in [0.25, 0.3) is 0 Å². The van der Waals surface area contributed by atoms with E-state index in [1.165, 1.54) is 17.0 Å². The van der Waals surface area contributed by atoms with Crippen LogP contribution in [-0.4, -0.2) is 50.5 Å². The first kappa shape index (κ1) is 33.0. The van der Waals surface area contributed by atoms with Gasteiger partial charge in [-0.1, -0.05) is 109 Å². The molecule has 1 atom stereocenters. The number of carbonyl (C=O) groups excluding carboxylic acids is 2. The second kappa shape index (κ2) is 14.6. The molecule has 0 radical (unpaired) electrons. The fourth-order valence-electron chi connectivity index (χ4n) is 4.08. The monoisotopic (exact) mass is 657 g/mol. The molecule has 0 unspecified atom stereocenters. The Bertz CT molecular complexity index is 1490. The van der Waals surface area contributed by atoms with Gasteiger partial charge in [-0.15, -0.1) is 0 Å². The van der Waals surface area contributed by atoms with E-state index < -0.39 is 28.5 Å². The van der Waals surface area contributed by atoms with E-state index in [1.54, 1.807) is 24.3 Å². The maximum absolute atomic E-state index is 14.1. The van der Waals surface area contributed by atoms with Gasteiger partial charge in [0.15, 0.2) is 0 Å². The standard InChI is InChI=1S/C29H31Cl4N3O4S/c1-19(2)16-34-29(38)27(13-20-9-5-4-6-10-20)35(17-21-11-7-8-12-22(21)30)28(37)18-36(41(3,39)40)26-15-24(32)23(31)14-25(26)33/h4-12,14-15,19,27H,13,16-18H2,1-3H3,(H,34,38)/t27-/m0/s1. The summed E-state index contributed by atoms with van der Waals surface area (Å²) < 4.78 is 26.7. The van der Waals surface area contributed by atoms with Crippen molar-refractivity contribution in [3.63, 3.8) is 0 Å². The Kier molecular flexibility index (Phi) is 11.8. The molecule has 0 aliphatic rings. The number of carbonyl (C=O) groups is 2. The first-order valence-corrected chi connectivity index (χ1v) is 16.1. The Morgan fingerprint density at radius 2 is 1.46 bits per heavy atom. The Hall–Kier alpha value is -2.49. The van der Waals surface area contributed by atoms with E-state index in [4.69, 9.17) is 46.4 Å². The summed E-state index contributed by atoms with van der Waals surface area (Å²) in [6, 6.07) is 17.8. The lowest BCUT2D eigenvalue weighted by molar-refractivity contribution is -0.140. The number of anilines is 1. The summed E-state index contributed by atoms with van der Waals surface area (Å²) in [6.45, 7) is 3.63. The molecule has 0 bridgehead atoms. The van der Waals surface area contributed by atoms with Gasteiger partial charge in [-0.2, -0.15) is 0 Å². The van der Waals surface area contributed by atoms with Crippen molar-refractivity contribution in [2.24, 2.45) is 5.92 Å². The van der Waals surface area contributed by atoms with Crippen molar-refractivity contribution in [1.29, 1.82) is 0 Å². The fraction of sp³-hybridized carbons (Fsp3) is 0.310. The van der Waals surface area contributed by atoms with E-state index in [2.05, 4.69) is 5.32 Å². The summed E-state index contributed by atoms with van der Waals surface area (Å²) in [5.41, 5.74) is 1.40. The van der Waals surface area contributed by atoms with Gasteiger partial charge in [0.1, 0.15) is 12.6 Å². The third-order valence-electron chi connectivity index (χ3n) is 6.19. The van der Waals surface area contributed by atoms with Crippen LogP contribution in [0, 0.1) is 5.92 Å². The zero-order valence-corrected chi connectivity index (χ0v) is 26.6. The van der Waals surface area contributed by atoms with E-state index >= 15 is 0 Å². The lowest BCUT2D eigenvalue weighted by atomic mass is 10.0. The molecule has 0 aliphatic carbocycles. The average Bonchev–Trinajstić information content (AvgIpc) is 2.91. The van der Waals surface area contributed by atoms with Gasteiger partial charge >= 0.3 is 0 Å². The number of hydrogen-bond acceptors (Lipinski definition) is 4. The second-order valence-electron chi connectivity index (χ2n) is 9.94. The smallest absolute Gasteiger partial charge is 0.244 e. The minimum absolute atomic E-state index is 0.00853. The molecule has 0 heterocycles. The summed E-state index contributed by atoms with van der Waals surface area (Å²) in [5.74, 6) is -0.846. The molecule has 3 rings (SSSR count). The maximum Gasteiger partial charge on any atom is 0.244 e. The highest BCUT2D eigenvalue weighted by Gasteiger charge is 2.34. The molecular formula is C29H31Cl4N3O4S. The number of amides is 2. The second-order valence-corrected chi connectivity index (χ2v) is 13.5. The molecule has 1 N–H and O–H groups in total. The van der Waals surface area contributed by atoms with Crippen molar-refractivity contribution < 1.29 is 18.0 Å². The molecule has 12 heteroatoms. The van der Waals surface area contributed by atoms with Crippen molar-refractivity contribution >= 4 is 73.9 Å². The molecule has 0 fully saturated rings. The highest BCUT2D eigenvalue weighted by Crippen LogP contribution is 2.36. The van der Waals surface area contributed by atoms with Crippen LogP contribution < -0.4 is 9.62 Å². The normalized spacial score (nSPS) is 12.2. The minimum atomic E-state index is -4.03. The molecule has 0 saturated carbocycles. The molecule has 0 aromatic heterocycles. The van der Waals surface area contributed by atoms with Gasteiger partial charge in [0.25, 0.3) is 0 Å². The number of rotatable bonds is 12. The van der Waals surface area contributed by atoms with E-state index in [1.807, 2.05) is 44.2 Å². The third kappa shape index (κ3) is 9.25. The molecule has 2 amide bonds. The lowest BCUT2D eigenvalue weighted by Gasteiger charge is -2.34. The average molecular weight is 659 g/mol. The van der Waals surface area contributed by atoms with E-state index in [-0.39, 0.29) is 45.5 Å². The zero-order chi connectivity index (χ0) is 30.3. The van der Waals surface area contributed by atoms with Crippen molar-refractivity contribution in [1.82, 2.24) is 10.2 Å². The minimum Gasteiger partial charge on any atom is -0.354 e. The topological polar surface area (TPSA) is 86.8 Å². The number of hydrogen-bond donors (Lipinski definition) is 1. The van der Waals surface area contributed by atoms with E-state index in [0.717, 1.165) is 16.1 Å². The quantitative estimate of drug-likeness (QED) is 0.226. The van der Waals surface area contributed by atoms with E-state index in [9.17, 15) is 18.0 Å². The molecule has 0 saturated heterocycles. The van der Waals surface area contributed by atoms with Crippen LogP contribution in [0.1, 0.15) is 25.0 Å². The zero-order valence-electron chi connectivity index (χ0n) is 22.8. The van der Waals surface area contributed by atoms with Crippen molar-refractivity contribution in [2.75, 3.05) is 23.7 Å². The molecule has 220 valence electrons. The Labute approximate surface area is 261 Å². The van der Waals surface area contributed by atoms with Crippen LogP contribution in [0.4, 0.5) is 5.69 Å². The Balaban J connectivity index is 2.10. The first-order valence-electron chi connectivity index (χ1n) is 12.7. The van der Waals surface area contributed by atoms with Crippen molar-refractivity contribution in [3.8, 4) is 0 Å². The Morgan fingerprint density at radius 1 is 0.854 bits per heavy atom. The van der Waals surface area contributed by atoms with Gasteiger partial charge in [0, 0.05) is 24.5 Å². The van der Waals surface area contributed by atoms with Crippen LogP contribution >= 0.6 is 46.4 Å². The SMILES string of the molecule is CC(C)CNC(=O)[C@H](Cc1ccccc1)N(Cc1ccccc1Cl)C(=O)CN(c1cc(Cl)c(Cl)cc1Cl)S(C)(=O)=O. The highest BCUT2D eigenvalue weighted by molar-refractivity contribution is 7.92. The van der Waals surface area contributed by atoms with Crippen LogP contribution in [-0.2, 0) is 32.6 Å². The third-order valence-corrected chi connectivity index (χ3v) is 8.71. The maximum atomic E-state index is 14.1. The van der Waals surface area contributed by atoms with Crippen molar-refractivity contribution in [2.45, 2.75) is 32.9 Å². The molecule has 41 heavy (non-hydrogen) atoms. The molecular weight excluding hydrogens is 628 g/mol. The largest absolute Gasteiger partial charge is 0.354 e. The summed E-state index contributed by atoms with van der Waals surface area (Å²) in [6.07, 6.45) is 1.14. The molecule has 0 aliphatic heterocycles. The van der Waals surface area contributed by atoms with Gasteiger partial charge < -0.3 is 10.2 Å². The molecule has 0 spiro atoms. The summed E-state index contributed by atoms with van der Waals surface area (Å²) >= 11 is 25.0. The summed E-state index contributed by atoms with van der Waals surface area (Å²) in [4.78, 5) is 29.1. The number of benzene rings is 3. The molecule has 3 aromatic rings. The van der Waals surface area contributed by atoms with Crippen LogP contribution in [0.3, 0.4) is 0 Å². The van der Waals surface area contributed by atoms with E-state index in [0.29, 0.717) is 17.1 Å².